The molecular weight excluding hydrogens is 456 g/mol. The number of benzene rings is 3. The van der Waals surface area contributed by atoms with Crippen molar-refractivity contribution in [3.63, 3.8) is 0 Å². The fraction of sp³-hybridized carbons (Fsp3) is 0.333. The van der Waals surface area contributed by atoms with Gasteiger partial charge in [0.15, 0.2) is 0 Å². The minimum absolute atomic E-state index is 0.0206. The molecule has 0 fully saturated rings. The minimum atomic E-state index is -0.639. The second kappa shape index (κ2) is 12.6. The van der Waals surface area contributed by atoms with Crippen LogP contribution in [-0.2, 0) is 29.0 Å². The molecule has 0 spiro atoms. The molecule has 3 rings (SSSR count). The molecule has 0 radical (unpaired) electrons. The van der Waals surface area contributed by atoms with Gasteiger partial charge < -0.3 is 10.2 Å². The van der Waals surface area contributed by atoms with Crippen molar-refractivity contribution < 1.29 is 9.59 Å². The van der Waals surface area contributed by atoms with E-state index in [9.17, 15) is 9.59 Å². The summed E-state index contributed by atoms with van der Waals surface area (Å²) < 4.78 is 0. The predicted molar refractivity (Wildman–Crippen MR) is 143 cm³/mol. The van der Waals surface area contributed by atoms with Crippen LogP contribution in [0.4, 0.5) is 0 Å². The summed E-state index contributed by atoms with van der Waals surface area (Å²) in [5.74, 6) is -0.208. The monoisotopic (exact) mass is 490 g/mol. The normalized spacial score (nSPS) is 12.6. The number of amides is 2. The third-order valence-electron chi connectivity index (χ3n) is 6.38. The molecule has 1 N–H and O–H groups in total. The Hall–Kier alpha value is -3.11. The fourth-order valence-electron chi connectivity index (χ4n) is 4.04. The minimum Gasteiger partial charge on any atom is -0.352 e. The van der Waals surface area contributed by atoms with Gasteiger partial charge in [-0.3, -0.25) is 9.59 Å². The lowest BCUT2D eigenvalue weighted by atomic mass is 9.99. The molecule has 0 saturated heterocycles. The van der Waals surface area contributed by atoms with Gasteiger partial charge in [-0.25, -0.2) is 0 Å². The average Bonchev–Trinajstić information content (AvgIpc) is 2.85. The van der Waals surface area contributed by atoms with Crippen LogP contribution in [0.2, 0.25) is 5.02 Å². The number of aryl methyl sites for hydroxylation is 2. The van der Waals surface area contributed by atoms with Crippen molar-refractivity contribution in [3.8, 4) is 0 Å². The maximum absolute atomic E-state index is 13.9. The number of nitrogens with one attached hydrogen (secondary N) is 1. The first-order valence-corrected chi connectivity index (χ1v) is 12.6. The molecule has 0 heterocycles. The largest absolute Gasteiger partial charge is 0.352 e. The molecule has 0 bridgehead atoms. The van der Waals surface area contributed by atoms with Crippen LogP contribution < -0.4 is 5.32 Å². The van der Waals surface area contributed by atoms with E-state index in [1.807, 2.05) is 94.4 Å². The maximum atomic E-state index is 13.9. The molecule has 0 aliphatic heterocycles. The molecule has 0 saturated carbocycles. The summed E-state index contributed by atoms with van der Waals surface area (Å²) in [5.41, 5.74) is 5.10. The zero-order chi connectivity index (χ0) is 25.4. The second-order valence-electron chi connectivity index (χ2n) is 9.28. The van der Waals surface area contributed by atoms with Crippen molar-refractivity contribution in [2.75, 3.05) is 0 Å². The van der Waals surface area contributed by atoms with E-state index in [-0.39, 0.29) is 24.3 Å². The summed E-state index contributed by atoms with van der Waals surface area (Å²) in [5, 5.41) is 3.75. The number of carbonyl (C=O) groups excluding carboxylic acids is 2. The Bertz CT molecular complexity index is 1130. The van der Waals surface area contributed by atoms with Gasteiger partial charge in [0, 0.05) is 24.0 Å². The zero-order valence-corrected chi connectivity index (χ0v) is 21.8. The van der Waals surface area contributed by atoms with Gasteiger partial charge >= 0.3 is 0 Å². The van der Waals surface area contributed by atoms with E-state index in [1.54, 1.807) is 4.90 Å². The van der Waals surface area contributed by atoms with Gasteiger partial charge in [-0.05, 0) is 61.6 Å². The van der Waals surface area contributed by atoms with E-state index >= 15 is 0 Å². The molecule has 0 aromatic heterocycles. The van der Waals surface area contributed by atoms with E-state index in [0.29, 0.717) is 18.0 Å². The van der Waals surface area contributed by atoms with Crippen LogP contribution in [0, 0.1) is 13.8 Å². The van der Waals surface area contributed by atoms with Crippen LogP contribution in [-0.4, -0.2) is 28.8 Å². The summed E-state index contributed by atoms with van der Waals surface area (Å²) in [4.78, 5) is 29.1. The number of hydrogen-bond donors (Lipinski definition) is 1. The van der Waals surface area contributed by atoms with Gasteiger partial charge in [-0.1, -0.05) is 84.8 Å². The standard InChI is InChI=1S/C30H35ClN2O2/c1-5-23(4)32-30(35)28(18-24-9-7-6-8-10-24)33(20-25-13-15-27(31)16-14-25)29(34)19-26-17-21(2)11-12-22(26)3/h6-17,23,28H,5,18-20H2,1-4H3,(H,32,35)/t23-,28+/m1/s1. The third kappa shape index (κ3) is 7.69. The van der Waals surface area contributed by atoms with Crippen LogP contribution in [0.1, 0.15) is 48.1 Å². The smallest absolute Gasteiger partial charge is 0.243 e. The van der Waals surface area contributed by atoms with Crippen LogP contribution in [0.15, 0.2) is 72.8 Å². The van der Waals surface area contributed by atoms with Crippen LogP contribution in [0.25, 0.3) is 0 Å². The van der Waals surface area contributed by atoms with Crippen molar-refractivity contribution in [2.45, 2.75) is 65.6 Å². The highest BCUT2D eigenvalue weighted by Gasteiger charge is 2.31. The fourth-order valence-corrected chi connectivity index (χ4v) is 4.16. The van der Waals surface area contributed by atoms with E-state index in [0.717, 1.165) is 34.2 Å². The molecule has 2 amide bonds. The van der Waals surface area contributed by atoms with E-state index in [4.69, 9.17) is 11.6 Å². The quantitative estimate of drug-likeness (QED) is 0.376. The van der Waals surface area contributed by atoms with Crippen molar-refractivity contribution in [1.29, 1.82) is 0 Å². The maximum Gasteiger partial charge on any atom is 0.243 e. The summed E-state index contributed by atoms with van der Waals surface area (Å²) in [6, 6.07) is 22.8. The first-order valence-electron chi connectivity index (χ1n) is 12.2. The van der Waals surface area contributed by atoms with Crippen LogP contribution in [0.3, 0.4) is 0 Å². The van der Waals surface area contributed by atoms with E-state index in [2.05, 4.69) is 11.4 Å². The van der Waals surface area contributed by atoms with E-state index in [1.165, 1.54) is 0 Å². The summed E-state index contributed by atoms with van der Waals surface area (Å²) in [6.45, 7) is 8.39. The number of carbonyl (C=O) groups is 2. The summed E-state index contributed by atoms with van der Waals surface area (Å²) >= 11 is 6.10. The lowest BCUT2D eigenvalue weighted by molar-refractivity contribution is -0.141. The van der Waals surface area contributed by atoms with Gasteiger partial charge in [0.25, 0.3) is 0 Å². The topological polar surface area (TPSA) is 49.4 Å². The van der Waals surface area contributed by atoms with Crippen molar-refractivity contribution in [1.82, 2.24) is 10.2 Å². The Morgan fingerprint density at radius 3 is 2.29 bits per heavy atom. The highest BCUT2D eigenvalue weighted by Crippen LogP contribution is 2.20. The van der Waals surface area contributed by atoms with Gasteiger partial charge in [0.1, 0.15) is 6.04 Å². The highest BCUT2D eigenvalue weighted by molar-refractivity contribution is 6.30. The van der Waals surface area contributed by atoms with Gasteiger partial charge in [0.2, 0.25) is 11.8 Å². The Balaban J connectivity index is 1.99. The van der Waals surface area contributed by atoms with Crippen LogP contribution in [0.5, 0.6) is 0 Å². The summed E-state index contributed by atoms with van der Waals surface area (Å²) in [7, 11) is 0. The predicted octanol–water partition coefficient (Wildman–Crippen LogP) is 6.05. The second-order valence-corrected chi connectivity index (χ2v) is 9.71. The molecule has 2 atom stereocenters. The Kier molecular flexibility index (Phi) is 9.50. The molecule has 3 aromatic rings. The van der Waals surface area contributed by atoms with Crippen molar-refractivity contribution in [3.05, 3.63) is 106 Å². The zero-order valence-electron chi connectivity index (χ0n) is 21.1. The molecule has 3 aromatic carbocycles. The Morgan fingerprint density at radius 2 is 1.63 bits per heavy atom. The SMILES string of the molecule is CC[C@@H](C)NC(=O)[C@H](Cc1ccccc1)N(Cc1ccc(Cl)cc1)C(=O)Cc1cc(C)ccc1C. The first kappa shape index (κ1) is 26.5. The van der Waals surface area contributed by atoms with Gasteiger partial charge in [0.05, 0.1) is 6.42 Å². The number of nitrogens with zero attached hydrogens (tertiary/aromatic N) is 1. The van der Waals surface area contributed by atoms with Gasteiger partial charge in [-0.2, -0.15) is 0 Å². The molecule has 4 nitrogen and oxygen atoms in total. The first-order chi connectivity index (χ1) is 16.8. The lowest BCUT2D eigenvalue weighted by Gasteiger charge is -2.32. The van der Waals surface area contributed by atoms with E-state index < -0.39 is 6.04 Å². The summed E-state index contributed by atoms with van der Waals surface area (Å²) in [6.07, 6.45) is 1.50. The lowest BCUT2D eigenvalue weighted by Crippen LogP contribution is -2.52. The molecule has 184 valence electrons. The number of rotatable bonds is 10. The average molecular weight is 491 g/mol. The van der Waals surface area contributed by atoms with Gasteiger partial charge in [-0.15, -0.1) is 0 Å². The Morgan fingerprint density at radius 1 is 0.943 bits per heavy atom. The van der Waals surface area contributed by atoms with Crippen LogP contribution >= 0.6 is 11.6 Å². The third-order valence-corrected chi connectivity index (χ3v) is 6.64. The highest BCUT2D eigenvalue weighted by atomic mass is 35.5. The molecule has 5 heteroatoms. The molecule has 35 heavy (non-hydrogen) atoms. The van der Waals surface area contributed by atoms with Crippen molar-refractivity contribution in [2.24, 2.45) is 0 Å². The number of hydrogen-bond acceptors (Lipinski definition) is 2. The molecule has 0 unspecified atom stereocenters. The Labute approximate surface area is 214 Å². The molecular formula is C30H35ClN2O2. The molecule has 0 aliphatic carbocycles. The molecule has 0 aliphatic rings. The van der Waals surface area contributed by atoms with Crippen molar-refractivity contribution >= 4 is 23.4 Å². The number of halogens is 1.